The maximum absolute atomic E-state index is 12.2. The van der Waals surface area contributed by atoms with E-state index in [1.165, 1.54) is 0 Å². The van der Waals surface area contributed by atoms with Crippen molar-refractivity contribution in [2.24, 2.45) is 5.73 Å². The van der Waals surface area contributed by atoms with Crippen molar-refractivity contribution in [3.8, 4) is 0 Å². The number of hydrogen-bond donors (Lipinski definition) is 1. The second-order valence-electron chi connectivity index (χ2n) is 6.54. The number of ether oxygens (including phenoxy) is 2. The van der Waals surface area contributed by atoms with E-state index in [1.807, 2.05) is 36.4 Å². The van der Waals surface area contributed by atoms with Gasteiger partial charge in [0.15, 0.2) is 6.29 Å². The SMILES string of the molecule is NC(=O)[C@H](CCC1OCCO1)N(Cc1ccccc1)Cc1ccccc1. The monoisotopic (exact) mass is 354 g/mol. The number of rotatable bonds is 9. The maximum atomic E-state index is 12.2. The quantitative estimate of drug-likeness (QED) is 0.752. The minimum Gasteiger partial charge on any atom is -0.368 e. The number of benzene rings is 2. The van der Waals surface area contributed by atoms with Crippen molar-refractivity contribution in [1.29, 1.82) is 0 Å². The summed E-state index contributed by atoms with van der Waals surface area (Å²) in [6.07, 6.45) is 1.04. The van der Waals surface area contributed by atoms with Crippen LogP contribution < -0.4 is 5.73 Å². The Hall–Kier alpha value is -2.21. The van der Waals surface area contributed by atoms with Gasteiger partial charge in [0.25, 0.3) is 0 Å². The van der Waals surface area contributed by atoms with Crippen LogP contribution in [0.15, 0.2) is 60.7 Å². The van der Waals surface area contributed by atoms with Crippen molar-refractivity contribution in [3.63, 3.8) is 0 Å². The zero-order chi connectivity index (χ0) is 18.2. The highest BCUT2D eigenvalue weighted by molar-refractivity contribution is 5.79. The molecule has 138 valence electrons. The van der Waals surface area contributed by atoms with Gasteiger partial charge in [-0.1, -0.05) is 60.7 Å². The fraction of sp³-hybridized carbons (Fsp3) is 0.381. The Morgan fingerprint density at radius 3 is 1.92 bits per heavy atom. The summed E-state index contributed by atoms with van der Waals surface area (Å²) >= 11 is 0. The van der Waals surface area contributed by atoms with E-state index in [4.69, 9.17) is 15.2 Å². The summed E-state index contributed by atoms with van der Waals surface area (Å²) in [6.45, 7) is 2.55. The standard InChI is InChI=1S/C21H26N2O3/c22-21(24)19(11-12-20-25-13-14-26-20)23(15-17-7-3-1-4-8-17)16-18-9-5-2-6-10-18/h1-10,19-20H,11-16H2,(H2,22,24)/t19-/m0/s1. The molecule has 5 nitrogen and oxygen atoms in total. The van der Waals surface area contributed by atoms with Gasteiger partial charge in [0, 0.05) is 19.5 Å². The first kappa shape index (κ1) is 18.6. The molecule has 0 aromatic heterocycles. The molecule has 5 heteroatoms. The van der Waals surface area contributed by atoms with Crippen LogP contribution in [0.1, 0.15) is 24.0 Å². The lowest BCUT2D eigenvalue weighted by Crippen LogP contribution is -2.44. The first-order valence-corrected chi connectivity index (χ1v) is 9.07. The Morgan fingerprint density at radius 1 is 0.962 bits per heavy atom. The van der Waals surface area contributed by atoms with E-state index in [0.717, 1.165) is 11.1 Å². The molecule has 0 spiro atoms. The van der Waals surface area contributed by atoms with E-state index < -0.39 is 0 Å². The topological polar surface area (TPSA) is 64.8 Å². The minimum absolute atomic E-state index is 0.229. The molecular weight excluding hydrogens is 328 g/mol. The first-order valence-electron chi connectivity index (χ1n) is 9.07. The molecular formula is C21H26N2O3. The summed E-state index contributed by atoms with van der Waals surface area (Å²) in [6, 6.07) is 19.9. The van der Waals surface area contributed by atoms with E-state index in [1.54, 1.807) is 0 Å². The van der Waals surface area contributed by atoms with Gasteiger partial charge in [-0.2, -0.15) is 0 Å². The summed E-state index contributed by atoms with van der Waals surface area (Å²) in [5.74, 6) is -0.310. The number of hydrogen-bond acceptors (Lipinski definition) is 4. The van der Waals surface area contributed by atoms with Crippen LogP contribution in [0.25, 0.3) is 0 Å². The third kappa shape index (κ3) is 5.39. The van der Waals surface area contributed by atoms with Gasteiger partial charge in [-0.05, 0) is 17.5 Å². The Kier molecular flexibility index (Phi) is 6.77. The van der Waals surface area contributed by atoms with Crippen molar-refractivity contribution < 1.29 is 14.3 Å². The maximum Gasteiger partial charge on any atom is 0.234 e. The summed E-state index contributed by atoms with van der Waals surface area (Å²) in [7, 11) is 0. The van der Waals surface area contributed by atoms with Gasteiger partial charge in [-0.15, -0.1) is 0 Å². The van der Waals surface area contributed by atoms with Crippen LogP contribution in [0.2, 0.25) is 0 Å². The van der Waals surface area contributed by atoms with Gasteiger partial charge in [-0.3, -0.25) is 9.69 Å². The Bertz CT molecular complexity index is 631. The predicted molar refractivity (Wildman–Crippen MR) is 100 cm³/mol. The van der Waals surface area contributed by atoms with Crippen LogP contribution in [-0.4, -0.2) is 36.4 Å². The molecule has 0 radical (unpaired) electrons. The molecule has 2 aromatic carbocycles. The van der Waals surface area contributed by atoms with Crippen molar-refractivity contribution >= 4 is 5.91 Å². The van der Waals surface area contributed by atoms with Crippen molar-refractivity contribution in [2.75, 3.05) is 13.2 Å². The molecule has 26 heavy (non-hydrogen) atoms. The largest absolute Gasteiger partial charge is 0.368 e. The van der Waals surface area contributed by atoms with Crippen LogP contribution in [0.5, 0.6) is 0 Å². The van der Waals surface area contributed by atoms with E-state index in [0.29, 0.717) is 39.1 Å². The third-order valence-electron chi connectivity index (χ3n) is 4.59. The average molecular weight is 354 g/mol. The highest BCUT2D eigenvalue weighted by Crippen LogP contribution is 2.19. The van der Waals surface area contributed by atoms with Gasteiger partial charge in [0.1, 0.15) is 0 Å². The Balaban J connectivity index is 1.74. The lowest BCUT2D eigenvalue weighted by Gasteiger charge is -2.30. The molecule has 3 rings (SSSR count). The number of primary amides is 1. The van der Waals surface area contributed by atoms with E-state index in [2.05, 4.69) is 29.2 Å². The summed E-state index contributed by atoms with van der Waals surface area (Å²) in [5, 5.41) is 0. The number of amides is 1. The zero-order valence-electron chi connectivity index (χ0n) is 14.9. The lowest BCUT2D eigenvalue weighted by atomic mass is 10.1. The van der Waals surface area contributed by atoms with Crippen LogP contribution in [0, 0.1) is 0 Å². The molecule has 1 fully saturated rings. The number of nitrogens with two attached hydrogens (primary N) is 1. The molecule has 1 aliphatic heterocycles. The minimum atomic E-state index is -0.372. The van der Waals surface area contributed by atoms with Gasteiger partial charge in [0.2, 0.25) is 5.91 Å². The predicted octanol–water partition coefficient (Wildman–Crippen LogP) is 2.70. The van der Waals surface area contributed by atoms with Crippen molar-refractivity contribution in [1.82, 2.24) is 4.90 Å². The molecule has 1 heterocycles. The summed E-state index contributed by atoms with van der Waals surface area (Å²) in [5.41, 5.74) is 8.08. The number of carbonyl (C=O) groups is 1. The molecule has 0 bridgehead atoms. The molecule has 2 aromatic rings. The fourth-order valence-corrected chi connectivity index (χ4v) is 3.28. The second kappa shape index (κ2) is 9.48. The van der Waals surface area contributed by atoms with Gasteiger partial charge in [0.05, 0.1) is 19.3 Å². The Labute approximate surface area is 154 Å². The average Bonchev–Trinajstić information content (AvgIpc) is 3.17. The molecule has 1 atom stereocenters. The molecule has 0 aliphatic carbocycles. The van der Waals surface area contributed by atoms with Crippen LogP contribution >= 0.6 is 0 Å². The highest BCUT2D eigenvalue weighted by atomic mass is 16.7. The summed E-state index contributed by atoms with van der Waals surface area (Å²) < 4.78 is 11.0. The van der Waals surface area contributed by atoms with Crippen LogP contribution in [0.3, 0.4) is 0 Å². The van der Waals surface area contributed by atoms with Crippen LogP contribution in [-0.2, 0) is 27.4 Å². The number of carbonyl (C=O) groups excluding carboxylic acids is 1. The highest BCUT2D eigenvalue weighted by Gasteiger charge is 2.27. The lowest BCUT2D eigenvalue weighted by molar-refractivity contribution is -0.125. The van der Waals surface area contributed by atoms with Crippen molar-refractivity contribution in [2.45, 2.75) is 38.3 Å². The molecule has 1 saturated heterocycles. The second-order valence-corrected chi connectivity index (χ2v) is 6.54. The van der Waals surface area contributed by atoms with Gasteiger partial charge >= 0.3 is 0 Å². The van der Waals surface area contributed by atoms with E-state index in [9.17, 15) is 4.79 Å². The smallest absolute Gasteiger partial charge is 0.234 e. The molecule has 0 unspecified atom stereocenters. The first-order chi connectivity index (χ1) is 12.7. The van der Waals surface area contributed by atoms with E-state index in [-0.39, 0.29) is 18.2 Å². The molecule has 1 amide bonds. The van der Waals surface area contributed by atoms with E-state index >= 15 is 0 Å². The van der Waals surface area contributed by atoms with Crippen LogP contribution in [0.4, 0.5) is 0 Å². The Morgan fingerprint density at radius 2 is 1.46 bits per heavy atom. The van der Waals surface area contributed by atoms with Gasteiger partial charge < -0.3 is 15.2 Å². The fourth-order valence-electron chi connectivity index (χ4n) is 3.28. The number of nitrogens with zero attached hydrogens (tertiary/aromatic N) is 1. The normalized spacial score (nSPS) is 16.0. The molecule has 0 saturated carbocycles. The zero-order valence-corrected chi connectivity index (χ0v) is 14.9. The summed E-state index contributed by atoms with van der Waals surface area (Å²) in [4.78, 5) is 14.4. The van der Waals surface area contributed by atoms with Gasteiger partial charge in [-0.25, -0.2) is 0 Å². The van der Waals surface area contributed by atoms with Crippen molar-refractivity contribution in [3.05, 3.63) is 71.8 Å². The molecule has 2 N–H and O–H groups in total. The third-order valence-corrected chi connectivity index (χ3v) is 4.59. The molecule has 1 aliphatic rings.